The number of rotatable bonds is 7. The standard InChI is InChI=1S/C17H26N2O2/c1-4-6-15-17(20)19(11-5-12-21-3)16(18-15)14-9-7-13(2)8-10-14/h7-10,15-16,18H,4-6,11-12H2,1-3H3. The largest absolute Gasteiger partial charge is 0.385 e. The van der Waals surface area contributed by atoms with Gasteiger partial charge in [-0.15, -0.1) is 0 Å². The molecule has 0 saturated carbocycles. The van der Waals surface area contributed by atoms with Gasteiger partial charge in [0.25, 0.3) is 0 Å². The molecule has 0 aromatic heterocycles. The lowest BCUT2D eigenvalue weighted by atomic mass is 10.1. The lowest BCUT2D eigenvalue weighted by Crippen LogP contribution is -2.32. The fourth-order valence-corrected chi connectivity index (χ4v) is 2.82. The molecule has 2 unspecified atom stereocenters. The van der Waals surface area contributed by atoms with Crippen molar-refractivity contribution in [3.63, 3.8) is 0 Å². The molecule has 1 aromatic carbocycles. The van der Waals surface area contributed by atoms with Gasteiger partial charge in [0.1, 0.15) is 6.17 Å². The number of carbonyl (C=O) groups is 1. The number of nitrogens with zero attached hydrogens (tertiary/aromatic N) is 1. The van der Waals surface area contributed by atoms with Crippen LogP contribution < -0.4 is 5.32 Å². The summed E-state index contributed by atoms with van der Waals surface area (Å²) in [6.45, 7) is 5.61. The maximum atomic E-state index is 12.6. The van der Waals surface area contributed by atoms with Crippen LogP contribution in [-0.2, 0) is 9.53 Å². The molecule has 1 heterocycles. The molecule has 0 spiro atoms. The molecule has 1 amide bonds. The summed E-state index contributed by atoms with van der Waals surface area (Å²) in [4.78, 5) is 14.5. The first-order valence-electron chi connectivity index (χ1n) is 7.79. The third-order valence-electron chi connectivity index (χ3n) is 3.97. The smallest absolute Gasteiger partial charge is 0.241 e. The third kappa shape index (κ3) is 3.83. The van der Waals surface area contributed by atoms with Gasteiger partial charge in [-0.05, 0) is 25.3 Å². The van der Waals surface area contributed by atoms with Crippen LogP contribution in [0.4, 0.5) is 0 Å². The van der Waals surface area contributed by atoms with Gasteiger partial charge >= 0.3 is 0 Å². The van der Waals surface area contributed by atoms with Gasteiger partial charge in [-0.2, -0.15) is 0 Å². The maximum Gasteiger partial charge on any atom is 0.241 e. The van der Waals surface area contributed by atoms with Crippen LogP contribution in [0, 0.1) is 6.92 Å². The number of ether oxygens (including phenoxy) is 1. The lowest BCUT2D eigenvalue weighted by Gasteiger charge is -2.24. The Hall–Kier alpha value is -1.39. The van der Waals surface area contributed by atoms with E-state index in [0.717, 1.165) is 31.4 Å². The van der Waals surface area contributed by atoms with Crippen molar-refractivity contribution < 1.29 is 9.53 Å². The molecule has 0 bridgehead atoms. The van der Waals surface area contributed by atoms with E-state index in [2.05, 4.69) is 43.4 Å². The number of hydrogen-bond acceptors (Lipinski definition) is 3. The summed E-state index contributed by atoms with van der Waals surface area (Å²) in [5.41, 5.74) is 2.39. The zero-order valence-electron chi connectivity index (χ0n) is 13.3. The number of methoxy groups -OCH3 is 1. The molecule has 1 aliphatic rings. The van der Waals surface area contributed by atoms with Gasteiger partial charge in [0.2, 0.25) is 5.91 Å². The van der Waals surface area contributed by atoms with E-state index in [0.29, 0.717) is 6.61 Å². The van der Waals surface area contributed by atoms with Gasteiger partial charge in [0.05, 0.1) is 6.04 Å². The second kappa shape index (κ2) is 7.57. The molecule has 1 aromatic rings. The number of aryl methyl sites for hydroxylation is 1. The number of amides is 1. The van der Waals surface area contributed by atoms with Crippen LogP contribution in [0.5, 0.6) is 0 Å². The number of nitrogens with one attached hydrogen (secondary N) is 1. The van der Waals surface area contributed by atoms with Crippen molar-refractivity contribution in [3.8, 4) is 0 Å². The minimum atomic E-state index is -0.0520. The van der Waals surface area contributed by atoms with Gasteiger partial charge in [0.15, 0.2) is 0 Å². The minimum absolute atomic E-state index is 0.00786. The van der Waals surface area contributed by atoms with E-state index in [-0.39, 0.29) is 18.1 Å². The normalized spacial score (nSPS) is 22.0. The summed E-state index contributed by atoms with van der Waals surface area (Å²) in [5, 5.41) is 3.49. The van der Waals surface area contributed by atoms with E-state index in [9.17, 15) is 4.79 Å². The van der Waals surface area contributed by atoms with E-state index < -0.39 is 0 Å². The Kier molecular flexibility index (Phi) is 5.76. The van der Waals surface area contributed by atoms with Gasteiger partial charge in [-0.3, -0.25) is 10.1 Å². The monoisotopic (exact) mass is 290 g/mol. The summed E-state index contributed by atoms with van der Waals surface area (Å²) in [5.74, 6) is 0.221. The average Bonchev–Trinajstić information content (AvgIpc) is 2.78. The van der Waals surface area contributed by atoms with Crippen LogP contribution in [0.25, 0.3) is 0 Å². The number of hydrogen-bond donors (Lipinski definition) is 1. The molecular weight excluding hydrogens is 264 g/mol. The molecule has 2 rings (SSSR count). The highest BCUT2D eigenvalue weighted by Gasteiger charge is 2.38. The fourth-order valence-electron chi connectivity index (χ4n) is 2.82. The van der Waals surface area contributed by atoms with Crippen molar-refractivity contribution in [1.82, 2.24) is 10.2 Å². The Morgan fingerprint density at radius 3 is 2.62 bits per heavy atom. The molecule has 0 aliphatic carbocycles. The average molecular weight is 290 g/mol. The van der Waals surface area contributed by atoms with Crippen LogP contribution in [-0.4, -0.2) is 37.1 Å². The first kappa shape index (κ1) is 16.0. The molecule has 21 heavy (non-hydrogen) atoms. The minimum Gasteiger partial charge on any atom is -0.385 e. The Balaban J connectivity index is 2.14. The summed E-state index contributed by atoms with van der Waals surface area (Å²) < 4.78 is 5.11. The predicted molar refractivity (Wildman–Crippen MR) is 84.0 cm³/mol. The Morgan fingerprint density at radius 2 is 2.00 bits per heavy atom. The van der Waals surface area contributed by atoms with Gasteiger partial charge in [-0.1, -0.05) is 43.2 Å². The van der Waals surface area contributed by atoms with Crippen molar-refractivity contribution in [3.05, 3.63) is 35.4 Å². The topological polar surface area (TPSA) is 41.6 Å². The molecule has 4 heteroatoms. The highest BCUT2D eigenvalue weighted by atomic mass is 16.5. The molecule has 1 N–H and O–H groups in total. The van der Waals surface area contributed by atoms with Crippen LogP contribution in [0.1, 0.15) is 43.5 Å². The van der Waals surface area contributed by atoms with Crippen LogP contribution in [0.15, 0.2) is 24.3 Å². The zero-order chi connectivity index (χ0) is 15.2. The van der Waals surface area contributed by atoms with Crippen molar-refractivity contribution in [2.75, 3.05) is 20.3 Å². The second-order valence-electron chi connectivity index (χ2n) is 5.70. The lowest BCUT2D eigenvalue weighted by molar-refractivity contribution is -0.130. The maximum absolute atomic E-state index is 12.6. The SMILES string of the molecule is CCCC1NC(c2ccc(C)cc2)N(CCCOC)C1=O. The zero-order valence-corrected chi connectivity index (χ0v) is 13.3. The van der Waals surface area contributed by atoms with Crippen molar-refractivity contribution >= 4 is 5.91 Å². The first-order chi connectivity index (χ1) is 10.2. The first-order valence-corrected chi connectivity index (χ1v) is 7.79. The summed E-state index contributed by atoms with van der Waals surface area (Å²) in [6.07, 6.45) is 2.76. The van der Waals surface area contributed by atoms with E-state index in [1.165, 1.54) is 5.56 Å². The van der Waals surface area contributed by atoms with Gasteiger partial charge in [-0.25, -0.2) is 0 Å². The van der Waals surface area contributed by atoms with E-state index in [1.54, 1.807) is 7.11 Å². The number of carbonyl (C=O) groups excluding carboxylic acids is 1. The molecule has 1 saturated heterocycles. The Labute approximate surface area is 127 Å². The molecule has 2 atom stereocenters. The molecular formula is C17H26N2O2. The summed E-state index contributed by atoms with van der Waals surface area (Å²) >= 11 is 0. The molecule has 0 radical (unpaired) electrons. The predicted octanol–water partition coefficient (Wildman–Crippen LogP) is 2.63. The second-order valence-corrected chi connectivity index (χ2v) is 5.70. The highest BCUT2D eigenvalue weighted by Crippen LogP contribution is 2.27. The van der Waals surface area contributed by atoms with E-state index in [4.69, 9.17) is 4.74 Å². The molecule has 4 nitrogen and oxygen atoms in total. The van der Waals surface area contributed by atoms with Crippen molar-refractivity contribution in [1.29, 1.82) is 0 Å². The van der Waals surface area contributed by atoms with Crippen LogP contribution in [0.2, 0.25) is 0 Å². The quantitative estimate of drug-likeness (QED) is 0.785. The third-order valence-corrected chi connectivity index (χ3v) is 3.97. The Morgan fingerprint density at radius 1 is 1.29 bits per heavy atom. The summed E-state index contributed by atoms with van der Waals surface area (Å²) in [6, 6.07) is 8.36. The van der Waals surface area contributed by atoms with Crippen LogP contribution >= 0.6 is 0 Å². The van der Waals surface area contributed by atoms with Gasteiger partial charge in [0, 0.05) is 20.3 Å². The van der Waals surface area contributed by atoms with E-state index >= 15 is 0 Å². The summed E-state index contributed by atoms with van der Waals surface area (Å²) in [7, 11) is 1.70. The molecule has 116 valence electrons. The van der Waals surface area contributed by atoms with E-state index in [1.807, 2.05) is 4.90 Å². The highest BCUT2D eigenvalue weighted by molar-refractivity contribution is 5.84. The molecule has 1 aliphatic heterocycles. The Bertz CT molecular complexity index is 458. The molecule has 1 fully saturated rings. The van der Waals surface area contributed by atoms with Crippen molar-refractivity contribution in [2.24, 2.45) is 0 Å². The van der Waals surface area contributed by atoms with Crippen molar-refractivity contribution in [2.45, 2.75) is 45.3 Å². The number of benzene rings is 1. The van der Waals surface area contributed by atoms with Gasteiger partial charge < -0.3 is 9.64 Å². The van der Waals surface area contributed by atoms with Crippen LogP contribution in [0.3, 0.4) is 0 Å². The fraction of sp³-hybridized carbons (Fsp3) is 0.588.